The molecule has 0 heterocycles. The first kappa shape index (κ1) is 18.0. The third-order valence-electron chi connectivity index (χ3n) is 3.80. The van der Waals surface area contributed by atoms with E-state index < -0.39 is 19.7 Å². The molecular weight excluding hydrogens is 372 g/mol. The number of hydrogen-bond acceptors (Lipinski definition) is 6. The van der Waals surface area contributed by atoms with Crippen molar-refractivity contribution < 1.29 is 16.8 Å². The van der Waals surface area contributed by atoms with Gasteiger partial charge in [-0.3, -0.25) is 0 Å². The van der Waals surface area contributed by atoms with Crippen molar-refractivity contribution in [2.24, 2.45) is 0 Å². The van der Waals surface area contributed by atoms with Crippen molar-refractivity contribution in [1.29, 1.82) is 0 Å². The SMILES string of the molecule is Nc1cccc(S(=O)(=O)c2cccc(S(=O)(=O)c3ccccc3N)c2)c1. The minimum Gasteiger partial charge on any atom is -0.399 e. The molecule has 0 bridgehead atoms. The van der Waals surface area contributed by atoms with Crippen LogP contribution in [0.5, 0.6) is 0 Å². The minimum absolute atomic E-state index is 0.00808. The van der Waals surface area contributed by atoms with Gasteiger partial charge in [0.25, 0.3) is 0 Å². The summed E-state index contributed by atoms with van der Waals surface area (Å²) in [4.78, 5) is -0.371. The van der Waals surface area contributed by atoms with Crippen LogP contribution < -0.4 is 11.5 Å². The van der Waals surface area contributed by atoms with E-state index in [1.165, 1.54) is 48.5 Å². The van der Waals surface area contributed by atoms with E-state index >= 15 is 0 Å². The zero-order valence-electron chi connectivity index (χ0n) is 13.5. The van der Waals surface area contributed by atoms with E-state index in [9.17, 15) is 16.8 Å². The molecule has 0 saturated heterocycles. The lowest BCUT2D eigenvalue weighted by Gasteiger charge is -2.10. The zero-order chi connectivity index (χ0) is 18.9. The van der Waals surface area contributed by atoms with Gasteiger partial charge in [-0.2, -0.15) is 0 Å². The van der Waals surface area contributed by atoms with Crippen LogP contribution >= 0.6 is 0 Å². The Bertz CT molecular complexity index is 1190. The van der Waals surface area contributed by atoms with E-state index in [4.69, 9.17) is 11.5 Å². The van der Waals surface area contributed by atoms with Crippen molar-refractivity contribution in [2.75, 3.05) is 11.5 Å². The van der Waals surface area contributed by atoms with E-state index in [0.717, 1.165) is 6.07 Å². The molecule has 3 aromatic carbocycles. The van der Waals surface area contributed by atoms with E-state index in [2.05, 4.69) is 0 Å². The fraction of sp³-hybridized carbons (Fsp3) is 0. The van der Waals surface area contributed by atoms with E-state index in [1.807, 2.05) is 0 Å². The van der Waals surface area contributed by atoms with Gasteiger partial charge in [0, 0.05) is 5.69 Å². The number of rotatable bonds is 4. The highest BCUT2D eigenvalue weighted by Gasteiger charge is 2.24. The number of anilines is 2. The van der Waals surface area contributed by atoms with E-state index in [-0.39, 0.29) is 25.3 Å². The van der Waals surface area contributed by atoms with Crippen LogP contribution in [0.25, 0.3) is 0 Å². The second kappa shape index (κ2) is 6.47. The van der Waals surface area contributed by atoms with Crippen molar-refractivity contribution in [3.8, 4) is 0 Å². The van der Waals surface area contributed by atoms with Crippen LogP contribution in [0.3, 0.4) is 0 Å². The van der Waals surface area contributed by atoms with Crippen LogP contribution in [0.4, 0.5) is 11.4 Å². The Morgan fingerprint density at radius 3 is 1.73 bits per heavy atom. The summed E-state index contributed by atoms with van der Waals surface area (Å²) in [5.74, 6) is 0. The Kier molecular flexibility index (Phi) is 4.47. The van der Waals surface area contributed by atoms with Crippen molar-refractivity contribution >= 4 is 31.0 Å². The quantitative estimate of drug-likeness (QED) is 0.663. The Morgan fingerprint density at radius 2 is 1.12 bits per heavy atom. The van der Waals surface area contributed by atoms with Crippen molar-refractivity contribution in [2.45, 2.75) is 19.6 Å². The predicted molar refractivity (Wildman–Crippen MR) is 99.1 cm³/mol. The summed E-state index contributed by atoms with van der Waals surface area (Å²) in [5, 5.41) is 0. The molecule has 134 valence electrons. The van der Waals surface area contributed by atoms with Crippen LogP contribution in [0.1, 0.15) is 0 Å². The lowest BCUT2D eigenvalue weighted by atomic mass is 10.3. The highest BCUT2D eigenvalue weighted by molar-refractivity contribution is 7.92. The first-order valence-corrected chi connectivity index (χ1v) is 10.5. The number of para-hydroxylation sites is 1. The van der Waals surface area contributed by atoms with Gasteiger partial charge in [0.05, 0.1) is 25.3 Å². The predicted octanol–water partition coefficient (Wildman–Crippen LogP) is 2.52. The summed E-state index contributed by atoms with van der Waals surface area (Å²) in [6, 6.07) is 17.0. The van der Waals surface area contributed by atoms with Gasteiger partial charge in [-0.05, 0) is 48.5 Å². The summed E-state index contributed by atoms with van der Waals surface area (Å²) >= 11 is 0. The maximum atomic E-state index is 12.8. The van der Waals surface area contributed by atoms with Crippen molar-refractivity contribution in [1.82, 2.24) is 0 Å². The number of hydrogen-bond donors (Lipinski definition) is 2. The average molecular weight is 388 g/mol. The highest BCUT2D eigenvalue weighted by atomic mass is 32.2. The highest BCUT2D eigenvalue weighted by Crippen LogP contribution is 2.29. The van der Waals surface area contributed by atoms with Gasteiger partial charge < -0.3 is 11.5 Å². The second-order valence-corrected chi connectivity index (χ2v) is 9.46. The Morgan fingerprint density at radius 1 is 0.577 bits per heavy atom. The van der Waals surface area contributed by atoms with Gasteiger partial charge in [0.15, 0.2) is 0 Å². The fourth-order valence-electron chi connectivity index (χ4n) is 2.48. The van der Waals surface area contributed by atoms with Crippen LogP contribution in [0.15, 0.2) is 92.4 Å². The number of benzene rings is 3. The molecule has 0 aliphatic carbocycles. The normalized spacial score (nSPS) is 12.0. The van der Waals surface area contributed by atoms with Crippen LogP contribution in [0.2, 0.25) is 0 Å². The molecule has 0 unspecified atom stereocenters. The molecule has 0 fully saturated rings. The first-order chi connectivity index (χ1) is 12.2. The summed E-state index contributed by atoms with van der Waals surface area (Å²) in [6.07, 6.45) is 0. The molecule has 3 aromatic rings. The molecule has 26 heavy (non-hydrogen) atoms. The Hall–Kier alpha value is -2.84. The molecule has 0 aliphatic heterocycles. The molecule has 0 radical (unpaired) electrons. The third-order valence-corrected chi connectivity index (χ3v) is 7.38. The number of nitrogen functional groups attached to an aromatic ring is 2. The average Bonchev–Trinajstić information content (AvgIpc) is 2.62. The molecule has 0 spiro atoms. The first-order valence-electron chi connectivity index (χ1n) is 7.53. The number of sulfone groups is 2. The summed E-state index contributed by atoms with van der Waals surface area (Å²) in [6.45, 7) is 0. The van der Waals surface area contributed by atoms with Crippen LogP contribution in [-0.2, 0) is 19.7 Å². The molecule has 0 aliphatic rings. The van der Waals surface area contributed by atoms with Gasteiger partial charge in [0.2, 0.25) is 19.7 Å². The van der Waals surface area contributed by atoms with Gasteiger partial charge in [-0.1, -0.05) is 24.3 Å². The molecule has 3 rings (SSSR count). The van der Waals surface area contributed by atoms with E-state index in [0.29, 0.717) is 5.69 Å². The third kappa shape index (κ3) is 3.16. The lowest BCUT2D eigenvalue weighted by Crippen LogP contribution is -2.08. The Balaban J connectivity index is 2.14. The second-order valence-electron chi connectivity index (χ2n) is 5.59. The molecule has 0 saturated carbocycles. The maximum absolute atomic E-state index is 12.8. The minimum atomic E-state index is -3.96. The Labute approximate surface area is 151 Å². The van der Waals surface area contributed by atoms with Crippen LogP contribution in [-0.4, -0.2) is 16.8 Å². The number of nitrogens with two attached hydrogens (primary N) is 2. The zero-order valence-corrected chi connectivity index (χ0v) is 15.2. The summed E-state index contributed by atoms with van der Waals surface area (Å²) in [7, 11) is -7.87. The standard InChI is InChI=1S/C18H16N2O4S2/c19-13-5-3-6-14(11-13)25(21,22)15-7-4-8-16(12-15)26(23,24)18-10-2-1-9-17(18)20/h1-12H,19-20H2. The van der Waals surface area contributed by atoms with Crippen molar-refractivity contribution in [3.05, 3.63) is 72.8 Å². The van der Waals surface area contributed by atoms with Gasteiger partial charge in [-0.15, -0.1) is 0 Å². The largest absolute Gasteiger partial charge is 0.399 e. The van der Waals surface area contributed by atoms with Crippen LogP contribution in [0, 0.1) is 0 Å². The van der Waals surface area contributed by atoms with E-state index in [1.54, 1.807) is 18.2 Å². The monoisotopic (exact) mass is 388 g/mol. The van der Waals surface area contributed by atoms with Crippen molar-refractivity contribution in [3.63, 3.8) is 0 Å². The summed E-state index contributed by atoms with van der Waals surface area (Å²) in [5.41, 5.74) is 11.8. The molecule has 0 atom stereocenters. The topological polar surface area (TPSA) is 120 Å². The molecule has 0 amide bonds. The molecule has 0 aromatic heterocycles. The lowest BCUT2D eigenvalue weighted by molar-refractivity contribution is 0.594. The van der Waals surface area contributed by atoms with Gasteiger partial charge >= 0.3 is 0 Å². The smallest absolute Gasteiger partial charge is 0.208 e. The molecule has 4 N–H and O–H groups in total. The molecule has 6 nitrogen and oxygen atoms in total. The molecule has 8 heteroatoms. The fourth-order valence-corrected chi connectivity index (χ4v) is 5.34. The van der Waals surface area contributed by atoms with Gasteiger partial charge in [-0.25, -0.2) is 16.8 Å². The maximum Gasteiger partial charge on any atom is 0.208 e. The van der Waals surface area contributed by atoms with Gasteiger partial charge in [0.1, 0.15) is 0 Å². The summed E-state index contributed by atoms with van der Waals surface area (Å²) < 4.78 is 51.2. The molecular formula is C18H16N2O4S2.